The van der Waals surface area contributed by atoms with E-state index in [2.05, 4.69) is 28.5 Å². The number of ether oxygens (including phenoxy) is 1. The second-order valence-corrected chi connectivity index (χ2v) is 13.5. The predicted octanol–water partition coefficient (Wildman–Crippen LogP) is 7.72. The number of morpholine rings is 1. The van der Waals surface area contributed by atoms with Crippen molar-refractivity contribution < 1.29 is 19.4 Å². The Bertz CT molecular complexity index is 2000. The van der Waals surface area contributed by atoms with Gasteiger partial charge in [-0.2, -0.15) is 0 Å². The number of benzene rings is 4. The van der Waals surface area contributed by atoms with E-state index in [0.717, 1.165) is 43.0 Å². The number of nitrogens with zero attached hydrogens (tertiary/aromatic N) is 4. The van der Waals surface area contributed by atoms with Gasteiger partial charge in [-0.3, -0.25) is 19.4 Å². The summed E-state index contributed by atoms with van der Waals surface area (Å²) >= 11 is 6.68. The highest BCUT2D eigenvalue weighted by atomic mass is 35.5. The fourth-order valence-corrected chi connectivity index (χ4v) is 7.31. The van der Waals surface area contributed by atoms with Crippen LogP contribution in [0.1, 0.15) is 44.5 Å². The predicted molar refractivity (Wildman–Crippen MR) is 197 cm³/mol. The fourth-order valence-electron chi connectivity index (χ4n) is 7.14. The molecule has 0 unspecified atom stereocenters. The number of para-hydroxylation sites is 1. The second-order valence-electron chi connectivity index (χ2n) is 13.1. The summed E-state index contributed by atoms with van der Waals surface area (Å²) < 4.78 is 7.75. The molecule has 1 aromatic heterocycles. The first-order valence-corrected chi connectivity index (χ1v) is 17.5. The SMILES string of the molecule is Cc1c(C(=O)N(c2ccccc2)c2ccc(O)cc2)cc(-c2cc(Cl)ccc2C(=O)N2Cc3ccccc3C[C@H]2C)n1CCN1CCOCC1. The van der Waals surface area contributed by atoms with Gasteiger partial charge >= 0.3 is 0 Å². The van der Waals surface area contributed by atoms with E-state index < -0.39 is 0 Å². The maximum Gasteiger partial charge on any atom is 0.264 e. The van der Waals surface area contributed by atoms with Crippen molar-refractivity contribution in [2.24, 2.45) is 0 Å². The van der Waals surface area contributed by atoms with Crippen LogP contribution in [0.25, 0.3) is 11.3 Å². The van der Waals surface area contributed by atoms with E-state index in [1.54, 1.807) is 35.2 Å². The third-order valence-electron chi connectivity index (χ3n) is 9.92. The van der Waals surface area contributed by atoms with Gasteiger partial charge in [0.2, 0.25) is 0 Å². The Morgan fingerprint density at radius 1 is 0.840 bits per heavy atom. The number of carbonyl (C=O) groups is 2. The van der Waals surface area contributed by atoms with Crippen molar-refractivity contribution in [1.82, 2.24) is 14.4 Å². The highest BCUT2D eigenvalue weighted by molar-refractivity contribution is 6.31. The summed E-state index contributed by atoms with van der Waals surface area (Å²) in [4.78, 5) is 35.3. The van der Waals surface area contributed by atoms with Gasteiger partial charge in [-0.15, -0.1) is 0 Å². The second kappa shape index (κ2) is 14.5. The molecule has 256 valence electrons. The normalized spacial score (nSPS) is 16.2. The molecule has 1 saturated heterocycles. The minimum Gasteiger partial charge on any atom is -0.508 e. The van der Waals surface area contributed by atoms with Crippen LogP contribution >= 0.6 is 11.6 Å². The summed E-state index contributed by atoms with van der Waals surface area (Å²) in [5.74, 6) is -0.173. The number of hydrogen-bond acceptors (Lipinski definition) is 5. The van der Waals surface area contributed by atoms with Crippen molar-refractivity contribution in [2.75, 3.05) is 37.7 Å². The number of hydrogen-bond donors (Lipinski definition) is 1. The molecule has 1 N–H and O–H groups in total. The summed E-state index contributed by atoms with van der Waals surface area (Å²) in [7, 11) is 0. The lowest BCUT2D eigenvalue weighted by Gasteiger charge is -2.35. The summed E-state index contributed by atoms with van der Waals surface area (Å²) in [6.45, 7) is 8.98. The quantitative estimate of drug-likeness (QED) is 0.181. The molecule has 1 atom stereocenters. The van der Waals surface area contributed by atoms with E-state index in [0.29, 0.717) is 59.4 Å². The zero-order valence-electron chi connectivity index (χ0n) is 28.4. The van der Waals surface area contributed by atoms with Crippen LogP contribution in [-0.2, 0) is 24.2 Å². The van der Waals surface area contributed by atoms with Crippen molar-refractivity contribution >= 4 is 34.8 Å². The first-order valence-electron chi connectivity index (χ1n) is 17.1. The summed E-state index contributed by atoms with van der Waals surface area (Å²) in [6.07, 6.45) is 0.783. The van der Waals surface area contributed by atoms with Crippen molar-refractivity contribution in [3.8, 4) is 17.0 Å². The fraction of sp³-hybridized carbons (Fsp3) is 0.268. The number of aromatic nitrogens is 1. The monoisotopic (exact) mass is 688 g/mol. The lowest BCUT2D eigenvalue weighted by atomic mass is 9.93. The Morgan fingerprint density at radius 3 is 2.26 bits per heavy atom. The Morgan fingerprint density at radius 2 is 1.52 bits per heavy atom. The molecule has 0 spiro atoms. The molecule has 7 rings (SSSR count). The molecule has 0 saturated carbocycles. The average molecular weight is 689 g/mol. The molecule has 2 aliphatic heterocycles. The zero-order chi connectivity index (χ0) is 34.8. The van der Waals surface area contributed by atoms with Crippen molar-refractivity contribution in [3.63, 3.8) is 0 Å². The Hall–Kier alpha value is -4.89. The standard InChI is InChI=1S/C41H41ClN4O4/c1-28-24-30-8-6-7-9-31(30)27-45(28)40(48)36-17-12-32(42)25-38(36)39-26-37(29(2)44(39)19-18-43-20-22-50-23-21-43)41(49)46(33-10-4-3-5-11-33)34-13-15-35(47)16-14-34/h3-17,25-26,28,47H,18-24,27H2,1-2H3/t28-/m1/s1. The van der Waals surface area contributed by atoms with Crippen molar-refractivity contribution in [2.45, 2.75) is 39.4 Å². The molecule has 0 radical (unpaired) electrons. The van der Waals surface area contributed by atoms with Crippen LogP contribution in [0, 0.1) is 6.92 Å². The summed E-state index contributed by atoms with van der Waals surface area (Å²) in [5, 5.41) is 10.5. The highest BCUT2D eigenvalue weighted by Gasteiger charge is 2.31. The molecule has 2 amide bonds. The number of halogens is 1. The number of phenolic OH excluding ortho intramolecular Hbond substituents is 1. The first kappa shape index (κ1) is 33.6. The summed E-state index contributed by atoms with van der Waals surface area (Å²) in [6, 6.07) is 31.8. The van der Waals surface area contributed by atoms with Crippen molar-refractivity contribution in [1.29, 1.82) is 0 Å². The maximum atomic E-state index is 14.8. The van der Waals surface area contributed by atoms with Crippen LogP contribution in [0.3, 0.4) is 0 Å². The number of aromatic hydroxyl groups is 1. The van der Waals surface area contributed by atoms with Gasteiger partial charge in [0.25, 0.3) is 11.8 Å². The minimum atomic E-state index is -0.220. The molecule has 1 fully saturated rings. The van der Waals surface area contributed by atoms with Crippen LogP contribution in [0.5, 0.6) is 5.75 Å². The molecular formula is C41H41ClN4O4. The Labute approximate surface area is 298 Å². The van der Waals surface area contributed by atoms with E-state index in [1.807, 2.05) is 72.5 Å². The number of carbonyl (C=O) groups excluding carboxylic acids is 2. The van der Waals surface area contributed by atoms with Gasteiger partial charge in [-0.05, 0) is 92.1 Å². The van der Waals surface area contributed by atoms with Gasteiger partial charge in [0.05, 0.1) is 18.8 Å². The lowest BCUT2D eigenvalue weighted by Crippen LogP contribution is -2.42. The van der Waals surface area contributed by atoms with Crippen LogP contribution in [0.2, 0.25) is 5.02 Å². The Balaban J connectivity index is 1.33. The van der Waals surface area contributed by atoms with Crippen LogP contribution in [0.4, 0.5) is 11.4 Å². The lowest BCUT2D eigenvalue weighted by molar-refractivity contribution is 0.0364. The number of rotatable bonds is 8. The molecule has 8 nitrogen and oxygen atoms in total. The third kappa shape index (κ3) is 6.79. The van der Waals surface area contributed by atoms with Gasteiger partial charge in [-0.25, -0.2) is 0 Å². The first-order chi connectivity index (χ1) is 24.3. The molecular weight excluding hydrogens is 648 g/mol. The molecule has 0 bridgehead atoms. The van der Waals surface area contributed by atoms with E-state index in [4.69, 9.17) is 16.3 Å². The molecule has 0 aliphatic carbocycles. The molecule has 3 heterocycles. The van der Waals surface area contributed by atoms with E-state index in [1.165, 1.54) is 5.56 Å². The number of phenols is 1. The zero-order valence-corrected chi connectivity index (χ0v) is 29.1. The topological polar surface area (TPSA) is 78.2 Å². The largest absolute Gasteiger partial charge is 0.508 e. The summed E-state index contributed by atoms with van der Waals surface area (Å²) in [5.41, 5.74) is 7.04. The number of fused-ring (bicyclic) bond motifs is 1. The molecule has 5 aromatic rings. The Kier molecular flexibility index (Phi) is 9.76. The van der Waals surface area contributed by atoms with E-state index in [-0.39, 0.29) is 23.6 Å². The van der Waals surface area contributed by atoms with Crippen molar-refractivity contribution in [3.05, 3.63) is 136 Å². The maximum absolute atomic E-state index is 14.8. The average Bonchev–Trinajstić information content (AvgIpc) is 3.47. The number of anilines is 2. The van der Waals surface area contributed by atoms with Gasteiger partial charge < -0.3 is 19.3 Å². The molecule has 4 aromatic carbocycles. The van der Waals surface area contributed by atoms with Crippen LogP contribution in [0.15, 0.2) is 103 Å². The van der Waals surface area contributed by atoms with E-state index in [9.17, 15) is 14.7 Å². The van der Waals surface area contributed by atoms with Crippen LogP contribution < -0.4 is 4.90 Å². The van der Waals surface area contributed by atoms with Crippen LogP contribution in [-0.4, -0.2) is 70.2 Å². The van der Waals surface area contributed by atoms with Gasteiger partial charge in [0.1, 0.15) is 5.75 Å². The number of amides is 2. The molecule has 2 aliphatic rings. The highest BCUT2D eigenvalue weighted by Crippen LogP contribution is 2.36. The van der Waals surface area contributed by atoms with E-state index >= 15 is 0 Å². The third-order valence-corrected chi connectivity index (χ3v) is 10.2. The molecule has 9 heteroatoms. The smallest absolute Gasteiger partial charge is 0.264 e. The van der Waals surface area contributed by atoms with Gasteiger partial charge in [0.15, 0.2) is 0 Å². The van der Waals surface area contributed by atoms with Gasteiger partial charge in [-0.1, -0.05) is 54.1 Å². The molecule has 50 heavy (non-hydrogen) atoms. The minimum absolute atomic E-state index is 0.0117. The van der Waals surface area contributed by atoms with Gasteiger partial charge in [0, 0.05) is 77.7 Å².